The minimum absolute atomic E-state index is 0.0387. The molecule has 0 heterocycles. The van der Waals surface area contributed by atoms with Gasteiger partial charge in [-0.05, 0) is 36.4 Å². The summed E-state index contributed by atoms with van der Waals surface area (Å²) in [6.07, 6.45) is 0. The summed E-state index contributed by atoms with van der Waals surface area (Å²) in [6.45, 7) is 0. The van der Waals surface area contributed by atoms with Gasteiger partial charge >= 0.3 is 0 Å². The Balaban J connectivity index is 1.56. The first-order valence-electron chi connectivity index (χ1n) is 9.07. The van der Waals surface area contributed by atoms with Crippen molar-refractivity contribution in [2.45, 2.75) is 4.90 Å². The number of thioether (sulfide) groups is 1. The number of carbonyl (C=O) groups is 2. The predicted molar refractivity (Wildman–Crippen MR) is 113 cm³/mol. The first kappa shape index (κ1) is 23.7. The van der Waals surface area contributed by atoms with E-state index < -0.39 is 45.7 Å². The summed E-state index contributed by atoms with van der Waals surface area (Å²) in [7, 11) is 0. The fourth-order valence-corrected chi connectivity index (χ4v) is 3.28. The van der Waals surface area contributed by atoms with Crippen LogP contribution in [0.15, 0.2) is 59.5 Å². The summed E-state index contributed by atoms with van der Waals surface area (Å²) in [4.78, 5) is 34.8. The Bertz CT molecular complexity index is 1200. The number of amides is 2. The van der Waals surface area contributed by atoms with Gasteiger partial charge in [0.1, 0.15) is 5.69 Å². The Kier molecular flexibility index (Phi) is 7.28. The predicted octanol–water partition coefficient (Wildman–Crippen LogP) is 5.13. The lowest BCUT2D eigenvalue weighted by atomic mass is 10.2. The van der Waals surface area contributed by atoms with E-state index in [9.17, 15) is 37.3 Å². The maximum absolute atomic E-state index is 13.6. The zero-order chi connectivity index (χ0) is 24.1. The van der Waals surface area contributed by atoms with Crippen molar-refractivity contribution in [3.8, 4) is 0 Å². The summed E-state index contributed by atoms with van der Waals surface area (Å²) in [6, 6.07) is 11.3. The number of carbonyl (C=O) groups excluding carboxylic acids is 2. The van der Waals surface area contributed by atoms with Crippen molar-refractivity contribution in [2.24, 2.45) is 0 Å². The molecule has 2 amide bonds. The number of anilines is 2. The van der Waals surface area contributed by atoms with Gasteiger partial charge in [0.15, 0.2) is 23.3 Å². The van der Waals surface area contributed by atoms with E-state index in [4.69, 9.17) is 0 Å². The maximum atomic E-state index is 13.6. The molecule has 0 saturated heterocycles. The van der Waals surface area contributed by atoms with Gasteiger partial charge in [-0.15, -0.1) is 11.8 Å². The van der Waals surface area contributed by atoms with Crippen molar-refractivity contribution in [1.29, 1.82) is 0 Å². The number of nitrogens with one attached hydrogen (secondary N) is 2. The third kappa shape index (κ3) is 5.86. The van der Waals surface area contributed by atoms with Crippen LogP contribution in [0, 0.1) is 33.4 Å². The summed E-state index contributed by atoms with van der Waals surface area (Å²) in [5.74, 6) is -8.38. The largest absolute Gasteiger partial charge is 0.322 e. The van der Waals surface area contributed by atoms with Gasteiger partial charge in [-0.2, -0.15) is 0 Å². The Morgan fingerprint density at radius 3 is 2.00 bits per heavy atom. The Labute approximate surface area is 188 Å². The fraction of sp³-hybridized carbons (Fsp3) is 0.0476. The zero-order valence-electron chi connectivity index (χ0n) is 16.4. The van der Waals surface area contributed by atoms with Crippen LogP contribution in [0.5, 0.6) is 0 Å². The average Bonchev–Trinajstić information content (AvgIpc) is 2.80. The number of nitro groups is 1. The van der Waals surface area contributed by atoms with Gasteiger partial charge in [-0.25, -0.2) is 17.6 Å². The second-order valence-electron chi connectivity index (χ2n) is 6.46. The van der Waals surface area contributed by atoms with Gasteiger partial charge in [0.2, 0.25) is 5.91 Å². The monoisotopic (exact) mass is 479 g/mol. The number of hydrogen-bond donors (Lipinski definition) is 2. The van der Waals surface area contributed by atoms with Crippen LogP contribution in [0.4, 0.5) is 34.6 Å². The van der Waals surface area contributed by atoms with E-state index in [1.54, 1.807) is 12.1 Å². The topological polar surface area (TPSA) is 101 Å². The van der Waals surface area contributed by atoms with Crippen molar-refractivity contribution < 1.29 is 32.1 Å². The third-order valence-corrected chi connectivity index (χ3v) is 5.21. The smallest absolute Gasteiger partial charge is 0.269 e. The normalized spacial score (nSPS) is 10.5. The highest BCUT2D eigenvalue weighted by Crippen LogP contribution is 2.25. The number of non-ortho nitro benzene ring substituents is 1. The van der Waals surface area contributed by atoms with Crippen LogP contribution in [-0.4, -0.2) is 22.5 Å². The lowest BCUT2D eigenvalue weighted by Gasteiger charge is -2.09. The molecule has 0 fully saturated rings. The molecule has 0 aliphatic rings. The molecule has 2 N–H and O–H groups in total. The van der Waals surface area contributed by atoms with Crippen LogP contribution in [0.2, 0.25) is 0 Å². The highest BCUT2D eigenvalue weighted by molar-refractivity contribution is 8.00. The first-order valence-corrected chi connectivity index (χ1v) is 10.1. The molecule has 3 rings (SSSR count). The Hall–Kier alpha value is -3.93. The highest BCUT2D eigenvalue weighted by Gasteiger charge is 2.21. The molecule has 170 valence electrons. The molecule has 3 aromatic carbocycles. The van der Waals surface area contributed by atoms with E-state index in [1.165, 1.54) is 36.4 Å². The molecule has 0 radical (unpaired) electrons. The van der Waals surface area contributed by atoms with E-state index in [2.05, 4.69) is 5.32 Å². The van der Waals surface area contributed by atoms with Crippen LogP contribution < -0.4 is 10.6 Å². The first-order chi connectivity index (χ1) is 15.7. The highest BCUT2D eigenvalue weighted by atomic mass is 32.2. The molecule has 0 saturated carbocycles. The number of nitro benzene ring substituents is 1. The molecule has 0 aliphatic carbocycles. The van der Waals surface area contributed by atoms with Crippen LogP contribution in [0.3, 0.4) is 0 Å². The van der Waals surface area contributed by atoms with Crippen LogP contribution >= 0.6 is 11.8 Å². The Morgan fingerprint density at radius 1 is 0.879 bits per heavy atom. The minimum Gasteiger partial charge on any atom is -0.322 e. The molecule has 7 nitrogen and oxygen atoms in total. The maximum Gasteiger partial charge on any atom is 0.269 e. The van der Waals surface area contributed by atoms with Crippen molar-refractivity contribution in [3.63, 3.8) is 0 Å². The van der Waals surface area contributed by atoms with E-state index in [0.717, 1.165) is 11.8 Å². The summed E-state index contributed by atoms with van der Waals surface area (Å²) >= 11 is 0.975. The van der Waals surface area contributed by atoms with Gasteiger partial charge in [-0.1, -0.05) is 0 Å². The number of benzene rings is 3. The molecule has 0 unspecified atom stereocenters. The minimum atomic E-state index is -1.71. The van der Waals surface area contributed by atoms with E-state index in [-0.39, 0.29) is 23.1 Å². The molecule has 0 aliphatic heterocycles. The van der Waals surface area contributed by atoms with Crippen LogP contribution in [0.25, 0.3) is 0 Å². The van der Waals surface area contributed by atoms with Crippen molar-refractivity contribution >= 4 is 40.6 Å². The molecule has 33 heavy (non-hydrogen) atoms. The Morgan fingerprint density at radius 2 is 1.45 bits per heavy atom. The summed E-state index contributed by atoms with van der Waals surface area (Å²) in [5, 5.41) is 15.1. The molecule has 3 aromatic rings. The SMILES string of the molecule is O=C(CSc1ccc(NC(=O)c2ccc([N+](=O)[O-])cc2)cc1)Nc1c(F)c(F)cc(F)c1F. The molecular formula is C21H13F4N3O4S. The molecule has 0 spiro atoms. The van der Waals surface area contributed by atoms with Crippen molar-refractivity contribution in [1.82, 2.24) is 0 Å². The lowest BCUT2D eigenvalue weighted by molar-refractivity contribution is -0.384. The van der Waals surface area contributed by atoms with E-state index in [0.29, 0.717) is 10.6 Å². The van der Waals surface area contributed by atoms with E-state index >= 15 is 0 Å². The second-order valence-corrected chi connectivity index (χ2v) is 7.51. The van der Waals surface area contributed by atoms with Crippen molar-refractivity contribution in [3.05, 3.63) is 93.5 Å². The summed E-state index contributed by atoms with van der Waals surface area (Å²) in [5.41, 5.74) is -0.733. The summed E-state index contributed by atoms with van der Waals surface area (Å²) < 4.78 is 53.7. The molecule has 0 bridgehead atoms. The molecule has 12 heteroatoms. The lowest BCUT2D eigenvalue weighted by Crippen LogP contribution is -2.17. The fourth-order valence-electron chi connectivity index (χ4n) is 2.58. The average molecular weight is 479 g/mol. The number of nitrogens with zero attached hydrogens (tertiary/aromatic N) is 1. The number of halogens is 4. The zero-order valence-corrected chi connectivity index (χ0v) is 17.2. The second kappa shape index (κ2) is 10.1. The van der Waals surface area contributed by atoms with Gasteiger partial charge in [0.25, 0.3) is 11.6 Å². The van der Waals surface area contributed by atoms with Gasteiger partial charge in [0.05, 0.1) is 10.7 Å². The van der Waals surface area contributed by atoms with Gasteiger partial charge in [-0.3, -0.25) is 19.7 Å². The third-order valence-electron chi connectivity index (χ3n) is 4.20. The van der Waals surface area contributed by atoms with Gasteiger partial charge < -0.3 is 10.6 Å². The number of hydrogen-bond acceptors (Lipinski definition) is 5. The van der Waals surface area contributed by atoms with Gasteiger partial charge in [0, 0.05) is 34.3 Å². The van der Waals surface area contributed by atoms with Crippen LogP contribution in [0.1, 0.15) is 10.4 Å². The number of rotatable bonds is 7. The molecule has 0 atom stereocenters. The molecule has 0 aromatic heterocycles. The molecular weight excluding hydrogens is 466 g/mol. The van der Waals surface area contributed by atoms with E-state index in [1.807, 2.05) is 5.32 Å². The quantitative estimate of drug-likeness (QED) is 0.161. The van der Waals surface area contributed by atoms with Crippen molar-refractivity contribution in [2.75, 3.05) is 16.4 Å². The standard InChI is InChI=1S/C21H13F4N3O4S/c22-15-9-16(23)19(25)20(18(15)24)27-17(29)10-33-14-7-3-12(4-8-14)26-21(30)11-1-5-13(6-2-11)28(31)32/h1-9H,10H2,(H,26,30)(H,27,29). The van der Waals surface area contributed by atoms with Crippen LogP contribution in [-0.2, 0) is 4.79 Å².